The van der Waals surface area contributed by atoms with Gasteiger partial charge in [0.25, 0.3) is 0 Å². The Kier molecular flexibility index (Phi) is 9.77. The molecule has 0 fully saturated rings. The Hall–Kier alpha value is -1.32. The third-order valence-corrected chi connectivity index (χ3v) is 2.92. The summed E-state index contributed by atoms with van der Waals surface area (Å²) in [4.78, 5) is 25.2. The van der Waals surface area contributed by atoms with Gasteiger partial charge in [-0.25, -0.2) is 14.9 Å². The molecule has 0 aromatic rings. The van der Waals surface area contributed by atoms with E-state index in [4.69, 9.17) is 15.6 Å². The van der Waals surface area contributed by atoms with Crippen LogP contribution in [-0.4, -0.2) is 58.1 Å². The number of nitrogens with two attached hydrogens (primary N) is 1. The predicted molar refractivity (Wildman–Crippen MR) is 75.9 cm³/mol. The van der Waals surface area contributed by atoms with Gasteiger partial charge in [0.2, 0.25) is 0 Å². The van der Waals surface area contributed by atoms with Gasteiger partial charge >= 0.3 is 11.3 Å². The second kappa shape index (κ2) is 10.5. The lowest BCUT2D eigenvalue weighted by atomic mass is 10.1. The third kappa shape index (κ3) is 8.73. The molecule has 0 spiro atoms. The lowest BCUT2D eigenvalue weighted by molar-refractivity contribution is -0.138. The number of carboxylic acids is 1. The summed E-state index contributed by atoms with van der Waals surface area (Å²) in [5, 5.41) is 18.7. The van der Waals surface area contributed by atoms with Gasteiger partial charge in [0.05, 0.1) is 0 Å². The van der Waals surface area contributed by atoms with Crippen LogP contribution < -0.4 is 5.73 Å². The number of nitrogens with zero attached hydrogens (tertiary/aromatic N) is 2. The molecular formula is C11H21N3O5S. The van der Waals surface area contributed by atoms with Crippen LogP contribution in [0.15, 0.2) is 4.99 Å². The van der Waals surface area contributed by atoms with E-state index in [2.05, 4.69) is 4.99 Å². The smallest absolute Gasteiger partial charge is 0.368 e. The van der Waals surface area contributed by atoms with E-state index in [1.54, 1.807) is 13.2 Å². The van der Waals surface area contributed by atoms with Crippen molar-refractivity contribution < 1.29 is 24.6 Å². The Bertz CT molecular complexity index is 351. The molecule has 0 aliphatic carbocycles. The number of aliphatic imine (C=N–C) groups is 1. The van der Waals surface area contributed by atoms with Crippen molar-refractivity contribution in [3.63, 3.8) is 0 Å². The monoisotopic (exact) mass is 307 g/mol. The van der Waals surface area contributed by atoms with Crippen molar-refractivity contribution in [1.82, 2.24) is 5.06 Å². The number of thioether (sulfide) groups is 1. The molecule has 0 amide bonds. The highest BCUT2D eigenvalue weighted by atomic mass is 32.2. The zero-order valence-corrected chi connectivity index (χ0v) is 12.4. The van der Waals surface area contributed by atoms with Gasteiger partial charge in [0.1, 0.15) is 11.9 Å². The van der Waals surface area contributed by atoms with E-state index >= 15 is 0 Å². The van der Waals surface area contributed by atoms with Gasteiger partial charge in [-0.3, -0.25) is 10.0 Å². The minimum atomic E-state index is -1.03. The summed E-state index contributed by atoms with van der Waals surface area (Å²) in [7, 11) is 0. The van der Waals surface area contributed by atoms with Crippen molar-refractivity contribution in [2.45, 2.75) is 32.2 Å². The lowest BCUT2D eigenvalue weighted by Crippen LogP contribution is -2.30. The standard InChI is InChI=1S/C11H21N3O5S/c1-8(13-7-19-11(17)20-2)14(18)6-4-3-5-9(12)10(15)16/h9,18H,3-7,12H2,1-2H3,(H,15,16). The predicted octanol–water partition coefficient (Wildman–Crippen LogP) is 1.14. The number of hydroxylamine groups is 2. The number of rotatable bonds is 8. The van der Waals surface area contributed by atoms with Crippen molar-refractivity contribution in [2.75, 3.05) is 19.5 Å². The number of hydrogen-bond acceptors (Lipinski definition) is 7. The summed E-state index contributed by atoms with van der Waals surface area (Å²) < 4.78 is 4.71. The average Bonchev–Trinajstić information content (AvgIpc) is 2.42. The maximum Gasteiger partial charge on any atom is 0.368 e. The molecule has 0 bridgehead atoms. The number of carboxylic acid groups (broad SMARTS) is 1. The lowest BCUT2D eigenvalue weighted by Gasteiger charge is -2.16. The Balaban J connectivity index is 3.84. The highest BCUT2D eigenvalue weighted by Crippen LogP contribution is 2.02. The van der Waals surface area contributed by atoms with Gasteiger partial charge in [-0.2, -0.15) is 0 Å². The molecule has 0 aromatic carbocycles. The van der Waals surface area contributed by atoms with E-state index in [9.17, 15) is 14.8 Å². The van der Waals surface area contributed by atoms with Crippen LogP contribution in [0.3, 0.4) is 0 Å². The summed E-state index contributed by atoms with van der Waals surface area (Å²) in [5.74, 6) is -0.708. The molecule has 0 aromatic heterocycles. The van der Waals surface area contributed by atoms with Crippen LogP contribution in [0.5, 0.6) is 0 Å². The van der Waals surface area contributed by atoms with Crippen molar-refractivity contribution in [2.24, 2.45) is 10.7 Å². The first-order valence-electron chi connectivity index (χ1n) is 6.05. The normalized spacial score (nSPS) is 12.9. The number of unbranched alkanes of at least 4 members (excludes halogenated alkanes) is 1. The van der Waals surface area contributed by atoms with Crippen LogP contribution in [0.1, 0.15) is 26.2 Å². The average molecular weight is 307 g/mol. The first-order chi connectivity index (χ1) is 9.38. The van der Waals surface area contributed by atoms with Crippen LogP contribution in [0.25, 0.3) is 0 Å². The van der Waals surface area contributed by atoms with Gasteiger partial charge in [0.15, 0.2) is 6.73 Å². The molecular weight excluding hydrogens is 286 g/mol. The van der Waals surface area contributed by atoms with Crippen LogP contribution in [0, 0.1) is 0 Å². The van der Waals surface area contributed by atoms with Gasteiger partial charge < -0.3 is 15.6 Å². The van der Waals surface area contributed by atoms with Crippen molar-refractivity contribution in [1.29, 1.82) is 0 Å². The zero-order valence-electron chi connectivity index (χ0n) is 11.6. The fourth-order valence-electron chi connectivity index (χ4n) is 1.23. The molecule has 20 heavy (non-hydrogen) atoms. The summed E-state index contributed by atoms with van der Waals surface area (Å²) in [6.45, 7) is 1.74. The molecule has 0 rings (SSSR count). The highest BCUT2D eigenvalue weighted by molar-refractivity contribution is 8.12. The van der Waals surface area contributed by atoms with E-state index in [1.807, 2.05) is 0 Å². The van der Waals surface area contributed by atoms with Crippen LogP contribution in [-0.2, 0) is 9.53 Å². The molecule has 0 radical (unpaired) electrons. The highest BCUT2D eigenvalue weighted by Gasteiger charge is 2.11. The number of aliphatic carboxylic acids is 1. The Morgan fingerprint density at radius 1 is 1.45 bits per heavy atom. The summed E-state index contributed by atoms with van der Waals surface area (Å²) >= 11 is 0.940. The van der Waals surface area contributed by atoms with Crippen molar-refractivity contribution in [3.8, 4) is 0 Å². The molecule has 0 saturated heterocycles. The molecule has 8 nitrogen and oxygen atoms in total. The van der Waals surface area contributed by atoms with Gasteiger partial charge in [-0.05, 0) is 44.2 Å². The molecule has 116 valence electrons. The van der Waals surface area contributed by atoms with Crippen molar-refractivity contribution in [3.05, 3.63) is 0 Å². The van der Waals surface area contributed by atoms with E-state index in [0.717, 1.165) is 16.8 Å². The van der Waals surface area contributed by atoms with Gasteiger partial charge in [-0.1, -0.05) is 0 Å². The number of ether oxygens (including phenoxy) is 1. The minimum absolute atomic E-state index is 0.146. The van der Waals surface area contributed by atoms with E-state index < -0.39 is 17.3 Å². The number of carbonyl (C=O) groups is 2. The van der Waals surface area contributed by atoms with E-state index in [0.29, 0.717) is 31.6 Å². The molecule has 4 N–H and O–H groups in total. The second-order valence-electron chi connectivity index (χ2n) is 4.00. The van der Waals surface area contributed by atoms with Gasteiger partial charge in [0, 0.05) is 6.54 Å². The molecule has 0 saturated carbocycles. The summed E-state index contributed by atoms with van der Waals surface area (Å²) in [6, 6.07) is -0.872. The van der Waals surface area contributed by atoms with Gasteiger partial charge in [-0.15, -0.1) is 0 Å². The first-order valence-corrected chi connectivity index (χ1v) is 7.27. The largest absolute Gasteiger partial charge is 0.480 e. The molecule has 0 aliphatic heterocycles. The maximum atomic E-state index is 10.8. The molecule has 9 heteroatoms. The fraction of sp³-hybridized carbons (Fsp3) is 0.727. The van der Waals surface area contributed by atoms with E-state index in [1.165, 1.54) is 0 Å². The SMILES string of the molecule is CSC(=O)OCN=C(C)N(O)CCCCC(N)C(=O)O. The van der Waals surface area contributed by atoms with Crippen LogP contribution >= 0.6 is 11.8 Å². The zero-order chi connectivity index (χ0) is 15.5. The van der Waals surface area contributed by atoms with E-state index in [-0.39, 0.29) is 6.73 Å². The number of hydrogen-bond donors (Lipinski definition) is 3. The summed E-state index contributed by atoms with van der Waals surface area (Å²) in [6.07, 6.45) is 3.11. The number of carbonyl (C=O) groups excluding carboxylic acids is 1. The maximum absolute atomic E-state index is 10.8. The Morgan fingerprint density at radius 2 is 2.10 bits per heavy atom. The fourth-order valence-corrected chi connectivity index (χ4v) is 1.40. The molecule has 1 unspecified atom stereocenters. The third-order valence-electron chi connectivity index (χ3n) is 2.47. The quantitative estimate of drug-likeness (QED) is 0.200. The summed E-state index contributed by atoms with van der Waals surface area (Å²) in [5.41, 5.74) is 5.35. The Morgan fingerprint density at radius 3 is 2.65 bits per heavy atom. The number of amidine groups is 1. The van der Waals surface area contributed by atoms with Crippen molar-refractivity contribution >= 4 is 28.9 Å². The van der Waals surface area contributed by atoms with Crippen LogP contribution in [0.4, 0.5) is 4.79 Å². The Labute approximate surface area is 121 Å². The minimum Gasteiger partial charge on any atom is -0.480 e. The topological polar surface area (TPSA) is 125 Å². The molecule has 0 aliphatic rings. The molecule has 0 heterocycles. The second-order valence-corrected chi connectivity index (χ2v) is 4.74. The first kappa shape index (κ1) is 18.7. The van der Waals surface area contributed by atoms with Crippen LogP contribution in [0.2, 0.25) is 0 Å². The molecule has 1 atom stereocenters.